The fourth-order valence-electron chi connectivity index (χ4n) is 3.08. The molecule has 3 nitrogen and oxygen atoms in total. The first kappa shape index (κ1) is 13.3. The molecule has 2 fully saturated rings. The molecular weight excluding hydrogens is 212 g/mol. The summed E-state index contributed by atoms with van der Waals surface area (Å²) in [4.78, 5) is 2.55. The fourth-order valence-corrected chi connectivity index (χ4v) is 3.08. The van der Waals surface area contributed by atoms with Gasteiger partial charge in [-0.2, -0.15) is 0 Å². The van der Waals surface area contributed by atoms with Crippen molar-refractivity contribution in [1.82, 2.24) is 10.2 Å². The lowest BCUT2D eigenvalue weighted by molar-refractivity contribution is -0.00975. The molecule has 2 aliphatic rings. The van der Waals surface area contributed by atoms with Crippen molar-refractivity contribution in [2.24, 2.45) is 5.92 Å². The average molecular weight is 240 g/mol. The van der Waals surface area contributed by atoms with Crippen molar-refractivity contribution in [3.05, 3.63) is 0 Å². The minimum atomic E-state index is 0.266. The third-order valence-corrected chi connectivity index (χ3v) is 4.33. The zero-order valence-corrected chi connectivity index (χ0v) is 11.5. The molecule has 3 heteroatoms. The van der Waals surface area contributed by atoms with Crippen molar-refractivity contribution < 1.29 is 4.74 Å². The Morgan fingerprint density at radius 1 is 1.18 bits per heavy atom. The van der Waals surface area contributed by atoms with Crippen molar-refractivity contribution >= 4 is 0 Å². The lowest BCUT2D eigenvalue weighted by Gasteiger charge is -2.41. The van der Waals surface area contributed by atoms with Gasteiger partial charge in [0.1, 0.15) is 0 Å². The molecule has 2 rings (SSSR count). The van der Waals surface area contributed by atoms with Crippen molar-refractivity contribution in [3.63, 3.8) is 0 Å². The van der Waals surface area contributed by atoms with E-state index in [9.17, 15) is 0 Å². The van der Waals surface area contributed by atoms with Gasteiger partial charge in [-0.3, -0.25) is 4.90 Å². The molecular formula is C14H28N2O. The van der Waals surface area contributed by atoms with Crippen molar-refractivity contribution in [2.45, 2.75) is 45.1 Å². The van der Waals surface area contributed by atoms with Crippen molar-refractivity contribution in [1.29, 1.82) is 0 Å². The van der Waals surface area contributed by atoms with Gasteiger partial charge in [0.15, 0.2) is 0 Å². The quantitative estimate of drug-likeness (QED) is 0.794. The lowest BCUT2D eigenvalue weighted by Crippen LogP contribution is -2.55. The number of nitrogens with one attached hydrogen (secondary N) is 1. The standard InChI is InChI=1S/C14H28N2O/c1-14(2,16-7-9-17-10-8-16)12-15-11-13-5-3-4-6-13/h13,15H,3-12H2,1-2H3. The fraction of sp³-hybridized carbons (Fsp3) is 1.00. The number of rotatable bonds is 5. The van der Waals surface area contributed by atoms with E-state index in [1.165, 1.54) is 32.2 Å². The third-order valence-electron chi connectivity index (χ3n) is 4.33. The predicted octanol–water partition coefficient (Wildman–Crippen LogP) is 1.88. The van der Waals surface area contributed by atoms with Crippen LogP contribution in [0.15, 0.2) is 0 Å². The number of hydrogen-bond donors (Lipinski definition) is 1. The van der Waals surface area contributed by atoms with Gasteiger partial charge in [-0.05, 0) is 39.2 Å². The second-order valence-electron chi connectivity index (χ2n) is 6.19. The maximum atomic E-state index is 5.42. The number of nitrogens with zero attached hydrogens (tertiary/aromatic N) is 1. The second-order valence-corrected chi connectivity index (χ2v) is 6.19. The number of hydrogen-bond acceptors (Lipinski definition) is 3. The van der Waals surface area contributed by atoms with E-state index in [1.54, 1.807) is 0 Å². The van der Waals surface area contributed by atoms with Crippen LogP contribution in [-0.4, -0.2) is 49.8 Å². The summed E-state index contributed by atoms with van der Waals surface area (Å²) in [6, 6.07) is 0. The van der Waals surface area contributed by atoms with Crippen molar-refractivity contribution in [2.75, 3.05) is 39.4 Å². The first-order chi connectivity index (χ1) is 8.18. The van der Waals surface area contributed by atoms with Crippen LogP contribution in [0.1, 0.15) is 39.5 Å². The molecule has 0 aromatic carbocycles. The van der Waals surface area contributed by atoms with Gasteiger partial charge in [0.05, 0.1) is 13.2 Å². The Labute approximate surface area is 106 Å². The largest absolute Gasteiger partial charge is 0.379 e. The third kappa shape index (κ3) is 3.94. The molecule has 1 aliphatic carbocycles. The minimum Gasteiger partial charge on any atom is -0.379 e. The van der Waals surface area contributed by atoms with Gasteiger partial charge in [0.25, 0.3) is 0 Å². The molecule has 1 N–H and O–H groups in total. The molecule has 1 saturated carbocycles. The van der Waals surface area contributed by atoms with E-state index in [-0.39, 0.29) is 5.54 Å². The van der Waals surface area contributed by atoms with E-state index in [4.69, 9.17) is 4.74 Å². The zero-order chi connectivity index (χ0) is 12.1. The zero-order valence-electron chi connectivity index (χ0n) is 11.5. The van der Waals surface area contributed by atoms with E-state index in [2.05, 4.69) is 24.1 Å². The minimum absolute atomic E-state index is 0.266. The molecule has 0 atom stereocenters. The van der Waals surface area contributed by atoms with Crippen LogP contribution in [0.25, 0.3) is 0 Å². The van der Waals surface area contributed by atoms with E-state index < -0.39 is 0 Å². The average Bonchev–Trinajstić information content (AvgIpc) is 2.83. The molecule has 1 aliphatic heterocycles. The molecule has 0 amide bonds. The van der Waals surface area contributed by atoms with E-state index >= 15 is 0 Å². The van der Waals surface area contributed by atoms with Gasteiger partial charge < -0.3 is 10.1 Å². The number of ether oxygens (including phenoxy) is 1. The van der Waals surface area contributed by atoms with Crippen LogP contribution < -0.4 is 5.32 Å². The highest BCUT2D eigenvalue weighted by atomic mass is 16.5. The highest BCUT2D eigenvalue weighted by molar-refractivity contribution is 4.85. The van der Waals surface area contributed by atoms with Gasteiger partial charge in [-0.15, -0.1) is 0 Å². The normalized spacial score (nSPS) is 24.4. The summed E-state index contributed by atoms with van der Waals surface area (Å²) in [6.07, 6.45) is 5.76. The van der Waals surface area contributed by atoms with Crippen LogP contribution >= 0.6 is 0 Å². The Balaban J connectivity index is 1.68. The van der Waals surface area contributed by atoms with Crippen LogP contribution in [0.2, 0.25) is 0 Å². The van der Waals surface area contributed by atoms with Crippen molar-refractivity contribution in [3.8, 4) is 0 Å². The van der Waals surface area contributed by atoms with Crippen LogP contribution in [0.5, 0.6) is 0 Å². The highest BCUT2D eigenvalue weighted by Crippen LogP contribution is 2.24. The SMILES string of the molecule is CC(C)(CNCC1CCCC1)N1CCOCC1. The highest BCUT2D eigenvalue weighted by Gasteiger charge is 2.28. The Morgan fingerprint density at radius 3 is 2.47 bits per heavy atom. The first-order valence-corrected chi connectivity index (χ1v) is 7.22. The molecule has 17 heavy (non-hydrogen) atoms. The Bertz CT molecular complexity index is 218. The van der Waals surface area contributed by atoms with Crippen LogP contribution in [0, 0.1) is 5.92 Å². The van der Waals surface area contributed by atoms with Crippen LogP contribution in [0.3, 0.4) is 0 Å². The van der Waals surface area contributed by atoms with Gasteiger partial charge in [0, 0.05) is 25.2 Å². The maximum absolute atomic E-state index is 5.42. The molecule has 0 bridgehead atoms. The van der Waals surface area contributed by atoms with E-state index in [1.807, 2.05) is 0 Å². The lowest BCUT2D eigenvalue weighted by atomic mass is 10.0. The monoisotopic (exact) mass is 240 g/mol. The summed E-state index contributed by atoms with van der Waals surface area (Å²) in [5, 5.41) is 3.68. The molecule has 100 valence electrons. The summed E-state index contributed by atoms with van der Waals surface area (Å²) < 4.78 is 5.42. The summed E-state index contributed by atoms with van der Waals surface area (Å²) >= 11 is 0. The second kappa shape index (κ2) is 6.17. The summed E-state index contributed by atoms with van der Waals surface area (Å²) in [5.41, 5.74) is 0.266. The van der Waals surface area contributed by atoms with Crippen LogP contribution in [0.4, 0.5) is 0 Å². The van der Waals surface area contributed by atoms with Gasteiger partial charge in [0.2, 0.25) is 0 Å². The Hall–Kier alpha value is -0.120. The summed E-state index contributed by atoms with van der Waals surface area (Å²) in [7, 11) is 0. The van der Waals surface area contributed by atoms with E-state index in [0.29, 0.717) is 0 Å². The summed E-state index contributed by atoms with van der Waals surface area (Å²) in [5.74, 6) is 0.940. The molecule has 0 aromatic rings. The first-order valence-electron chi connectivity index (χ1n) is 7.22. The van der Waals surface area contributed by atoms with Gasteiger partial charge in [-0.1, -0.05) is 12.8 Å². The predicted molar refractivity (Wildman–Crippen MR) is 71.3 cm³/mol. The topological polar surface area (TPSA) is 24.5 Å². The summed E-state index contributed by atoms with van der Waals surface area (Å²) in [6.45, 7) is 11.0. The molecule has 0 aromatic heterocycles. The Morgan fingerprint density at radius 2 is 1.82 bits per heavy atom. The molecule has 1 saturated heterocycles. The molecule has 0 unspecified atom stereocenters. The van der Waals surface area contributed by atoms with Crippen LogP contribution in [-0.2, 0) is 4.74 Å². The maximum Gasteiger partial charge on any atom is 0.0594 e. The molecule has 0 spiro atoms. The molecule has 1 heterocycles. The van der Waals surface area contributed by atoms with Gasteiger partial charge >= 0.3 is 0 Å². The van der Waals surface area contributed by atoms with Gasteiger partial charge in [-0.25, -0.2) is 0 Å². The smallest absolute Gasteiger partial charge is 0.0594 e. The van der Waals surface area contributed by atoms with E-state index in [0.717, 1.165) is 38.8 Å². The molecule has 0 radical (unpaired) electrons. The Kier molecular flexibility index (Phi) is 4.83. The number of morpholine rings is 1.